The number of ether oxygens (including phenoxy) is 1. The predicted molar refractivity (Wildman–Crippen MR) is 82.8 cm³/mol. The maximum absolute atomic E-state index is 12.5. The first-order valence-corrected chi connectivity index (χ1v) is 7.87. The Morgan fingerprint density at radius 3 is 3.00 bits per heavy atom. The molecule has 1 aromatic heterocycles. The summed E-state index contributed by atoms with van der Waals surface area (Å²) in [6.45, 7) is 0.147. The number of fused-ring (bicyclic) bond motifs is 2. The van der Waals surface area contributed by atoms with Gasteiger partial charge >= 0.3 is 0 Å². The van der Waals surface area contributed by atoms with Crippen molar-refractivity contribution in [2.45, 2.75) is 31.7 Å². The molecule has 0 unspecified atom stereocenters. The molecule has 0 spiro atoms. The van der Waals surface area contributed by atoms with E-state index >= 15 is 0 Å². The number of para-hydroxylation sites is 1. The van der Waals surface area contributed by atoms with Crippen molar-refractivity contribution in [3.05, 3.63) is 46.8 Å². The molecule has 0 bridgehead atoms. The van der Waals surface area contributed by atoms with Crippen LogP contribution in [0.1, 0.15) is 44.9 Å². The zero-order valence-electron chi connectivity index (χ0n) is 12.6. The van der Waals surface area contributed by atoms with Crippen LogP contribution in [0.5, 0.6) is 5.75 Å². The second kappa shape index (κ2) is 5.53. The number of ketones is 1. The van der Waals surface area contributed by atoms with E-state index in [1.807, 2.05) is 6.07 Å². The van der Waals surface area contributed by atoms with Crippen LogP contribution in [0.3, 0.4) is 0 Å². The number of carbonyl (C=O) groups is 2. The van der Waals surface area contributed by atoms with Crippen molar-refractivity contribution < 1.29 is 14.3 Å². The maximum atomic E-state index is 12.5. The third-order valence-corrected chi connectivity index (χ3v) is 4.45. The van der Waals surface area contributed by atoms with Crippen LogP contribution in [0, 0.1) is 0 Å². The van der Waals surface area contributed by atoms with Crippen LogP contribution in [0.4, 0.5) is 0 Å². The van der Waals surface area contributed by atoms with E-state index in [-0.39, 0.29) is 18.3 Å². The molecule has 1 atom stereocenters. The molecule has 6 nitrogen and oxygen atoms in total. The number of H-pyrrole nitrogens is 1. The van der Waals surface area contributed by atoms with Gasteiger partial charge in [0, 0.05) is 11.3 Å². The molecule has 1 aliphatic heterocycles. The van der Waals surface area contributed by atoms with Gasteiger partial charge < -0.3 is 10.1 Å². The highest BCUT2D eigenvalue weighted by molar-refractivity contribution is 6.06. The van der Waals surface area contributed by atoms with Gasteiger partial charge in [-0.2, -0.15) is 5.10 Å². The Morgan fingerprint density at radius 1 is 1.26 bits per heavy atom. The summed E-state index contributed by atoms with van der Waals surface area (Å²) in [5.41, 5.74) is 2.94. The Bertz CT molecular complexity index is 781. The van der Waals surface area contributed by atoms with Crippen LogP contribution in [-0.4, -0.2) is 34.5 Å². The summed E-state index contributed by atoms with van der Waals surface area (Å²) in [4.78, 5) is 25.0. The van der Waals surface area contributed by atoms with E-state index in [1.165, 1.54) is 0 Å². The molecule has 1 aromatic carbocycles. The van der Waals surface area contributed by atoms with Gasteiger partial charge in [-0.25, -0.2) is 0 Å². The Labute approximate surface area is 133 Å². The van der Waals surface area contributed by atoms with Crippen LogP contribution in [0.25, 0.3) is 0 Å². The molecule has 1 aliphatic carbocycles. The molecule has 0 saturated carbocycles. The fourth-order valence-corrected chi connectivity index (χ4v) is 3.24. The fraction of sp³-hybridized carbons (Fsp3) is 0.353. The van der Waals surface area contributed by atoms with E-state index in [4.69, 9.17) is 4.74 Å². The van der Waals surface area contributed by atoms with E-state index in [0.717, 1.165) is 36.9 Å². The van der Waals surface area contributed by atoms with E-state index in [0.29, 0.717) is 17.0 Å². The van der Waals surface area contributed by atoms with Crippen molar-refractivity contribution >= 4 is 11.7 Å². The van der Waals surface area contributed by atoms with E-state index in [2.05, 4.69) is 15.5 Å². The minimum absolute atomic E-state index is 0.121. The number of Topliss-reactive ketones (excluding diaryl/α,β-unsaturated/α-hetero) is 1. The van der Waals surface area contributed by atoms with Gasteiger partial charge in [0.1, 0.15) is 18.4 Å². The number of nitrogens with one attached hydrogen (secondary N) is 2. The molecule has 4 rings (SSSR count). The van der Waals surface area contributed by atoms with Gasteiger partial charge in [-0.05, 0) is 37.8 Å². The van der Waals surface area contributed by atoms with Crippen molar-refractivity contribution in [1.29, 1.82) is 0 Å². The lowest BCUT2D eigenvalue weighted by Crippen LogP contribution is -2.47. The lowest BCUT2D eigenvalue weighted by molar-refractivity contribution is 0.0792. The topological polar surface area (TPSA) is 84.1 Å². The number of rotatable bonds is 2. The second-order valence-corrected chi connectivity index (χ2v) is 5.93. The van der Waals surface area contributed by atoms with Crippen molar-refractivity contribution in [2.24, 2.45) is 0 Å². The molecule has 0 radical (unpaired) electrons. The molecule has 2 heterocycles. The first-order valence-electron chi connectivity index (χ1n) is 7.87. The summed E-state index contributed by atoms with van der Waals surface area (Å²) < 4.78 is 5.57. The molecule has 2 aromatic rings. The first kappa shape index (κ1) is 14.0. The number of hydrogen-bond donors (Lipinski definition) is 2. The van der Waals surface area contributed by atoms with Gasteiger partial charge in [-0.3, -0.25) is 14.7 Å². The van der Waals surface area contributed by atoms with Crippen LogP contribution >= 0.6 is 0 Å². The highest BCUT2D eigenvalue weighted by Gasteiger charge is 2.31. The van der Waals surface area contributed by atoms with Crippen molar-refractivity contribution in [3.63, 3.8) is 0 Å². The van der Waals surface area contributed by atoms with Crippen LogP contribution < -0.4 is 10.1 Å². The van der Waals surface area contributed by atoms with E-state index in [1.54, 1.807) is 18.2 Å². The molecule has 2 aliphatic rings. The largest absolute Gasteiger partial charge is 0.490 e. The van der Waals surface area contributed by atoms with E-state index in [9.17, 15) is 9.59 Å². The lowest BCUT2D eigenvalue weighted by Gasteiger charge is -2.24. The molecule has 1 amide bonds. The van der Waals surface area contributed by atoms with Gasteiger partial charge in [0.15, 0.2) is 11.5 Å². The molecule has 0 saturated heterocycles. The highest BCUT2D eigenvalue weighted by Crippen LogP contribution is 2.25. The standard InChI is InChI=1S/C17H17N3O3/c21-16-11-6-2-4-8-14(11)23-9-13(16)18-17(22)15-10-5-1-3-7-12(10)19-20-15/h2,4,6,8,13H,1,3,5,7,9H2,(H,18,22)(H,19,20)/t13-/m0/s1. The van der Waals surface area contributed by atoms with Crippen molar-refractivity contribution in [2.75, 3.05) is 6.61 Å². The second-order valence-electron chi connectivity index (χ2n) is 5.93. The van der Waals surface area contributed by atoms with Gasteiger partial charge in [-0.15, -0.1) is 0 Å². The molecule has 0 fully saturated rings. The van der Waals surface area contributed by atoms with Gasteiger partial charge in [-0.1, -0.05) is 12.1 Å². The van der Waals surface area contributed by atoms with Crippen LogP contribution in [0.15, 0.2) is 24.3 Å². The number of amides is 1. The first-order chi connectivity index (χ1) is 11.2. The van der Waals surface area contributed by atoms with Crippen molar-refractivity contribution in [3.8, 4) is 5.75 Å². The zero-order chi connectivity index (χ0) is 15.8. The van der Waals surface area contributed by atoms with Gasteiger partial charge in [0.25, 0.3) is 5.91 Å². The number of hydrogen-bond acceptors (Lipinski definition) is 4. The summed E-state index contributed by atoms with van der Waals surface area (Å²) in [6, 6.07) is 6.41. The third kappa shape index (κ3) is 2.40. The summed E-state index contributed by atoms with van der Waals surface area (Å²) in [6.07, 6.45) is 3.95. The third-order valence-electron chi connectivity index (χ3n) is 4.45. The van der Waals surface area contributed by atoms with Gasteiger partial charge in [0.05, 0.1) is 5.56 Å². The zero-order valence-corrected chi connectivity index (χ0v) is 12.6. The summed E-state index contributed by atoms with van der Waals surface area (Å²) >= 11 is 0. The minimum Gasteiger partial charge on any atom is -0.490 e. The number of benzene rings is 1. The molecule has 118 valence electrons. The lowest BCUT2D eigenvalue weighted by atomic mass is 9.95. The monoisotopic (exact) mass is 311 g/mol. The summed E-state index contributed by atoms with van der Waals surface area (Å²) in [5, 5.41) is 9.85. The van der Waals surface area contributed by atoms with Gasteiger partial charge in [0.2, 0.25) is 0 Å². The SMILES string of the molecule is O=C(N[C@H]1COc2ccccc2C1=O)c1n[nH]c2c1CCCC2. The summed E-state index contributed by atoms with van der Waals surface area (Å²) in [7, 11) is 0. The Kier molecular flexibility index (Phi) is 3.37. The fourth-order valence-electron chi connectivity index (χ4n) is 3.24. The average Bonchev–Trinajstić information content (AvgIpc) is 3.02. The van der Waals surface area contributed by atoms with E-state index < -0.39 is 6.04 Å². The number of aromatic nitrogens is 2. The number of aryl methyl sites for hydroxylation is 1. The molecule has 23 heavy (non-hydrogen) atoms. The number of aromatic amines is 1. The Balaban J connectivity index is 1.54. The highest BCUT2D eigenvalue weighted by atomic mass is 16.5. The quantitative estimate of drug-likeness (QED) is 0.883. The molecule has 2 N–H and O–H groups in total. The Morgan fingerprint density at radius 2 is 2.09 bits per heavy atom. The molecular weight excluding hydrogens is 294 g/mol. The predicted octanol–water partition coefficient (Wildman–Crippen LogP) is 1.66. The smallest absolute Gasteiger partial charge is 0.272 e. The minimum atomic E-state index is -0.673. The maximum Gasteiger partial charge on any atom is 0.272 e. The van der Waals surface area contributed by atoms with Crippen LogP contribution in [-0.2, 0) is 12.8 Å². The number of carbonyl (C=O) groups excluding carboxylic acids is 2. The molecular formula is C17H17N3O3. The molecule has 6 heteroatoms. The van der Waals surface area contributed by atoms with Crippen LogP contribution in [0.2, 0.25) is 0 Å². The normalized spacial score (nSPS) is 19.5. The summed E-state index contributed by atoms with van der Waals surface area (Å²) in [5.74, 6) is 0.135. The van der Waals surface area contributed by atoms with Crippen molar-refractivity contribution in [1.82, 2.24) is 15.5 Å². The number of nitrogens with zero attached hydrogens (tertiary/aromatic N) is 1. The average molecular weight is 311 g/mol. The Hall–Kier alpha value is -2.63.